The largest absolute Gasteiger partial charge is 0.456 e. The van der Waals surface area contributed by atoms with Crippen molar-refractivity contribution in [3.05, 3.63) is 108 Å². The molecule has 3 aromatic carbocycles. The Kier molecular flexibility index (Phi) is 5.10. The van der Waals surface area contributed by atoms with E-state index in [4.69, 9.17) is 4.42 Å². The molecule has 0 N–H and O–H groups in total. The van der Waals surface area contributed by atoms with Crippen molar-refractivity contribution < 1.29 is 9.21 Å². The molecule has 0 saturated heterocycles. The van der Waals surface area contributed by atoms with Crippen LogP contribution >= 0.6 is 0 Å². The summed E-state index contributed by atoms with van der Waals surface area (Å²) in [6.45, 7) is 2.62. The highest BCUT2D eigenvalue weighted by Gasteiger charge is 2.18. The number of rotatable bonds is 5. The van der Waals surface area contributed by atoms with Crippen LogP contribution in [0, 0.1) is 6.92 Å². The Morgan fingerprint density at radius 1 is 0.943 bits per heavy atom. The van der Waals surface area contributed by atoms with Crippen LogP contribution in [0.25, 0.3) is 38.7 Å². The number of hydrogen-bond donors (Lipinski definition) is 0. The second-order valence-corrected chi connectivity index (χ2v) is 8.96. The van der Waals surface area contributed by atoms with Crippen molar-refractivity contribution in [2.75, 3.05) is 13.6 Å². The summed E-state index contributed by atoms with van der Waals surface area (Å²) in [7, 11) is 1.86. The second-order valence-electron chi connectivity index (χ2n) is 8.96. The highest BCUT2D eigenvalue weighted by atomic mass is 16.3. The molecule has 35 heavy (non-hydrogen) atoms. The van der Waals surface area contributed by atoms with E-state index in [1.807, 2.05) is 85.4 Å². The Morgan fingerprint density at radius 2 is 1.77 bits per heavy atom. The van der Waals surface area contributed by atoms with Gasteiger partial charge in [-0.05, 0) is 60.0 Å². The van der Waals surface area contributed by atoms with Crippen LogP contribution in [0.1, 0.15) is 21.6 Å². The molecule has 6 aromatic rings. The minimum atomic E-state index is 0.0166. The average Bonchev–Trinajstić information content (AvgIpc) is 3.47. The third-order valence-electron chi connectivity index (χ3n) is 6.72. The number of amides is 1. The molecule has 172 valence electrons. The highest BCUT2D eigenvalue weighted by molar-refractivity contribution is 6.06. The zero-order valence-electron chi connectivity index (χ0n) is 19.7. The summed E-state index contributed by atoms with van der Waals surface area (Å²) in [6, 6.07) is 26.2. The molecule has 0 aliphatic heterocycles. The van der Waals surface area contributed by atoms with Crippen molar-refractivity contribution in [2.24, 2.45) is 0 Å². The molecule has 0 spiro atoms. The number of carbonyl (C=O) groups excluding carboxylic acids is 1. The number of para-hydroxylation sites is 1. The van der Waals surface area contributed by atoms with Crippen molar-refractivity contribution in [2.45, 2.75) is 13.3 Å². The first-order valence-corrected chi connectivity index (χ1v) is 11.8. The zero-order valence-corrected chi connectivity index (χ0v) is 19.7. The monoisotopic (exact) mass is 459 g/mol. The van der Waals surface area contributed by atoms with Gasteiger partial charge in [-0.25, -0.2) is 4.98 Å². The summed E-state index contributed by atoms with van der Waals surface area (Å²) in [4.78, 5) is 19.8. The number of carbonyl (C=O) groups is 1. The van der Waals surface area contributed by atoms with E-state index < -0.39 is 0 Å². The Labute approximate surface area is 203 Å². The highest BCUT2D eigenvalue weighted by Crippen LogP contribution is 2.34. The molecule has 5 nitrogen and oxygen atoms in total. The molecule has 3 aromatic heterocycles. The number of benzene rings is 3. The fourth-order valence-corrected chi connectivity index (χ4v) is 4.77. The first-order valence-electron chi connectivity index (χ1n) is 11.8. The standard InChI is InChI=1S/C30H25N3O2/c1-20-23(21-13-14-28-26(18-21)25-8-3-4-11-27(25)35-28)9-7-10-24(20)30(34)32(2)17-15-22-19-33-16-6-5-12-29(33)31-22/h3-14,16,18-19H,15,17H2,1-2H3. The maximum atomic E-state index is 13.4. The van der Waals surface area contributed by atoms with E-state index in [0.717, 1.165) is 55.5 Å². The van der Waals surface area contributed by atoms with E-state index in [2.05, 4.69) is 29.2 Å². The van der Waals surface area contributed by atoms with Gasteiger partial charge in [0.2, 0.25) is 0 Å². The minimum Gasteiger partial charge on any atom is -0.456 e. The maximum Gasteiger partial charge on any atom is 0.253 e. The van der Waals surface area contributed by atoms with Gasteiger partial charge in [-0.2, -0.15) is 0 Å². The van der Waals surface area contributed by atoms with Gasteiger partial charge in [-0.1, -0.05) is 42.5 Å². The van der Waals surface area contributed by atoms with Crippen LogP contribution in [0.5, 0.6) is 0 Å². The number of nitrogens with zero attached hydrogens (tertiary/aromatic N) is 3. The van der Waals surface area contributed by atoms with Crippen LogP contribution < -0.4 is 0 Å². The van der Waals surface area contributed by atoms with Crippen LogP contribution in [0.4, 0.5) is 0 Å². The molecule has 0 bridgehead atoms. The summed E-state index contributed by atoms with van der Waals surface area (Å²) in [6.07, 6.45) is 4.71. The Bertz CT molecular complexity index is 1680. The Morgan fingerprint density at radius 3 is 2.66 bits per heavy atom. The first kappa shape index (κ1) is 21.2. The fraction of sp³-hybridized carbons (Fsp3) is 0.133. The molecule has 0 aliphatic rings. The van der Waals surface area contributed by atoms with E-state index in [0.29, 0.717) is 13.0 Å². The summed E-state index contributed by atoms with van der Waals surface area (Å²) >= 11 is 0. The molecule has 6 rings (SSSR count). The van der Waals surface area contributed by atoms with Gasteiger partial charge >= 0.3 is 0 Å². The molecule has 3 heterocycles. The molecule has 5 heteroatoms. The Hall–Kier alpha value is -4.38. The lowest BCUT2D eigenvalue weighted by atomic mass is 9.95. The molecule has 0 radical (unpaired) electrons. The number of likely N-dealkylation sites (N-methyl/N-ethyl adjacent to an activating group) is 1. The lowest BCUT2D eigenvalue weighted by Gasteiger charge is -2.19. The van der Waals surface area contributed by atoms with E-state index in [1.54, 1.807) is 4.90 Å². The summed E-state index contributed by atoms with van der Waals surface area (Å²) in [5.74, 6) is 0.0166. The summed E-state index contributed by atoms with van der Waals surface area (Å²) < 4.78 is 7.99. The van der Waals surface area contributed by atoms with Gasteiger partial charge in [-0.15, -0.1) is 0 Å². The number of fused-ring (bicyclic) bond motifs is 4. The number of pyridine rings is 1. The van der Waals surface area contributed by atoms with Gasteiger partial charge in [-0.3, -0.25) is 4.79 Å². The molecule has 0 unspecified atom stereocenters. The number of imidazole rings is 1. The minimum absolute atomic E-state index is 0.0166. The van der Waals surface area contributed by atoms with E-state index >= 15 is 0 Å². The maximum absolute atomic E-state index is 13.4. The zero-order chi connectivity index (χ0) is 23.9. The van der Waals surface area contributed by atoms with Crippen molar-refractivity contribution >= 4 is 33.5 Å². The average molecular weight is 460 g/mol. The van der Waals surface area contributed by atoms with Gasteiger partial charge < -0.3 is 13.7 Å². The normalized spacial score (nSPS) is 11.5. The quantitative estimate of drug-likeness (QED) is 0.295. The van der Waals surface area contributed by atoms with Crippen molar-refractivity contribution in [3.8, 4) is 11.1 Å². The van der Waals surface area contributed by atoms with E-state index in [9.17, 15) is 4.79 Å². The topological polar surface area (TPSA) is 50.8 Å². The van der Waals surface area contributed by atoms with Gasteiger partial charge in [0.05, 0.1) is 5.69 Å². The molecule has 0 saturated carbocycles. The SMILES string of the molecule is Cc1c(C(=O)N(C)CCc2cn3ccccc3n2)cccc1-c1ccc2oc3ccccc3c2c1. The van der Waals surface area contributed by atoms with Crippen LogP contribution in [-0.2, 0) is 6.42 Å². The second kappa shape index (κ2) is 8.44. The summed E-state index contributed by atoms with van der Waals surface area (Å²) in [5, 5.41) is 2.18. The Balaban J connectivity index is 1.27. The molecule has 0 fully saturated rings. The van der Waals surface area contributed by atoms with Gasteiger partial charge in [0.15, 0.2) is 0 Å². The van der Waals surface area contributed by atoms with Crippen molar-refractivity contribution in [1.82, 2.24) is 14.3 Å². The first-order chi connectivity index (χ1) is 17.1. The van der Waals surface area contributed by atoms with Gasteiger partial charge in [0, 0.05) is 48.7 Å². The van der Waals surface area contributed by atoms with Gasteiger partial charge in [0.1, 0.15) is 16.8 Å². The molecule has 1 amide bonds. The summed E-state index contributed by atoms with van der Waals surface area (Å²) in [5.41, 5.74) is 7.46. The van der Waals surface area contributed by atoms with Crippen LogP contribution in [0.15, 0.2) is 95.7 Å². The van der Waals surface area contributed by atoms with Gasteiger partial charge in [0.25, 0.3) is 5.91 Å². The molecule has 0 atom stereocenters. The van der Waals surface area contributed by atoms with Crippen molar-refractivity contribution in [1.29, 1.82) is 0 Å². The number of hydrogen-bond acceptors (Lipinski definition) is 3. The molecular formula is C30H25N3O2. The third kappa shape index (κ3) is 3.75. The van der Waals surface area contributed by atoms with E-state index in [1.165, 1.54) is 0 Å². The molecule has 0 aliphatic carbocycles. The third-order valence-corrected chi connectivity index (χ3v) is 6.72. The fourth-order valence-electron chi connectivity index (χ4n) is 4.77. The number of aromatic nitrogens is 2. The predicted molar refractivity (Wildman–Crippen MR) is 140 cm³/mol. The molecular weight excluding hydrogens is 434 g/mol. The predicted octanol–water partition coefficient (Wildman–Crippen LogP) is 6.52. The number of furan rings is 1. The lowest BCUT2D eigenvalue weighted by molar-refractivity contribution is 0.0795. The van der Waals surface area contributed by atoms with Crippen LogP contribution in [0.3, 0.4) is 0 Å². The van der Waals surface area contributed by atoms with Crippen LogP contribution in [-0.4, -0.2) is 33.8 Å². The van der Waals surface area contributed by atoms with Crippen LogP contribution in [0.2, 0.25) is 0 Å². The van der Waals surface area contributed by atoms with E-state index in [-0.39, 0.29) is 5.91 Å². The lowest BCUT2D eigenvalue weighted by Crippen LogP contribution is -2.29. The van der Waals surface area contributed by atoms with Crippen molar-refractivity contribution in [3.63, 3.8) is 0 Å². The smallest absolute Gasteiger partial charge is 0.253 e.